The van der Waals surface area contributed by atoms with Gasteiger partial charge in [0, 0.05) is 19.2 Å². The number of carbonyl (C=O) groups excluding carboxylic acids is 3. The number of amides is 2. The summed E-state index contributed by atoms with van der Waals surface area (Å²) < 4.78 is 13.0. The van der Waals surface area contributed by atoms with Crippen molar-refractivity contribution in [1.29, 1.82) is 0 Å². The predicted molar refractivity (Wildman–Crippen MR) is 131 cm³/mol. The molecule has 1 aromatic carbocycles. The van der Waals surface area contributed by atoms with Crippen molar-refractivity contribution in [3.63, 3.8) is 0 Å². The molecule has 1 N–H and O–H groups in total. The van der Waals surface area contributed by atoms with Crippen LogP contribution in [0.3, 0.4) is 0 Å². The Bertz CT molecular complexity index is 1040. The molecule has 1 aliphatic carbocycles. The Balaban J connectivity index is 1.68. The summed E-state index contributed by atoms with van der Waals surface area (Å²) in [6, 6.07) is 5.55. The molecule has 0 bridgehead atoms. The van der Waals surface area contributed by atoms with E-state index in [1.807, 2.05) is 17.6 Å². The number of esters is 1. The summed E-state index contributed by atoms with van der Waals surface area (Å²) in [7, 11) is 1.34. The van der Waals surface area contributed by atoms with Gasteiger partial charge >= 0.3 is 5.97 Å². The minimum atomic E-state index is -0.413. The largest absolute Gasteiger partial charge is 0.465 e. The van der Waals surface area contributed by atoms with Crippen LogP contribution in [0.4, 0.5) is 0 Å². The number of methoxy groups -OCH3 is 1. The third kappa shape index (κ3) is 7.41. The van der Waals surface area contributed by atoms with E-state index in [-0.39, 0.29) is 29.4 Å². The molecule has 0 unspecified atom stereocenters. The lowest BCUT2D eigenvalue weighted by Gasteiger charge is -2.22. The Hall–Kier alpha value is -2.17. The first-order valence-electron chi connectivity index (χ1n) is 11.3. The fourth-order valence-electron chi connectivity index (χ4n) is 3.81. The number of benzene rings is 1. The predicted octanol–water partition coefficient (Wildman–Crippen LogP) is 3.14. The van der Waals surface area contributed by atoms with Crippen LogP contribution in [0.2, 0.25) is 0 Å². The first-order valence-corrected chi connectivity index (χ1v) is 13.2. The van der Waals surface area contributed by atoms with E-state index < -0.39 is 5.97 Å². The molecule has 1 saturated carbocycles. The van der Waals surface area contributed by atoms with Gasteiger partial charge < -0.3 is 19.4 Å². The van der Waals surface area contributed by atoms with Gasteiger partial charge in [0.05, 0.1) is 41.0 Å². The average molecular weight is 494 g/mol. The molecule has 10 heteroatoms. The summed E-state index contributed by atoms with van der Waals surface area (Å²) in [5, 5.41) is 3.06. The van der Waals surface area contributed by atoms with Crippen LogP contribution in [0.1, 0.15) is 49.4 Å². The molecule has 0 radical (unpaired) electrons. The summed E-state index contributed by atoms with van der Waals surface area (Å²) in [5.41, 5.74) is 1.32. The van der Waals surface area contributed by atoms with Crippen LogP contribution in [0.15, 0.2) is 23.2 Å². The van der Waals surface area contributed by atoms with E-state index in [9.17, 15) is 14.4 Å². The van der Waals surface area contributed by atoms with Gasteiger partial charge in [-0.05, 0) is 38.0 Å². The van der Waals surface area contributed by atoms with Crippen LogP contribution in [-0.2, 0) is 25.6 Å². The summed E-state index contributed by atoms with van der Waals surface area (Å²) in [6.07, 6.45) is 5.64. The first-order chi connectivity index (χ1) is 16.0. The molecule has 0 aliphatic heterocycles. The number of thioether (sulfide) groups is 1. The molecule has 33 heavy (non-hydrogen) atoms. The number of aromatic nitrogens is 1. The maximum absolute atomic E-state index is 12.5. The van der Waals surface area contributed by atoms with E-state index in [0.717, 1.165) is 35.9 Å². The number of nitrogens with zero attached hydrogens (tertiary/aromatic N) is 2. The van der Waals surface area contributed by atoms with Gasteiger partial charge in [0.1, 0.15) is 0 Å². The lowest BCUT2D eigenvalue weighted by molar-refractivity contribution is -0.119. The Morgan fingerprint density at radius 1 is 1.21 bits per heavy atom. The normalized spacial score (nSPS) is 15.0. The summed E-state index contributed by atoms with van der Waals surface area (Å²) in [6.45, 7) is 3.54. The molecular formula is C23H31N3O5S2. The van der Waals surface area contributed by atoms with E-state index in [1.54, 1.807) is 12.1 Å². The van der Waals surface area contributed by atoms with Gasteiger partial charge in [0.15, 0.2) is 4.80 Å². The zero-order valence-corrected chi connectivity index (χ0v) is 20.8. The minimum absolute atomic E-state index is 0.0244. The smallest absolute Gasteiger partial charge is 0.337 e. The maximum Gasteiger partial charge on any atom is 0.337 e. The molecule has 2 aromatic rings. The topological polar surface area (TPSA) is 99.0 Å². The zero-order valence-electron chi connectivity index (χ0n) is 19.1. The molecule has 3 rings (SSSR count). The molecule has 1 fully saturated rings. The molecule has 1 aromatic heterocycles. The number of thiazole rings is 1. The fourth-order valence-corrected chi connectivity index (χ4v) is 5.53. The second-order valence-electron chi connectivity index (χ2n) is 7.81. The molecule has 180 valence electrons. The molecule has 1 aliphatic rings. The Labute approximate surface area is 201 Å². The number of hydrogen-bond donors (Lipinski definition) is 1. The third-order valence-corrected chi connectivity index (χ3v) is 7.38. The number of nitrogens with one attached hydrogen (secondary N) is 1. The minimum Gasteiger partial charge on any atom is -0.465 e. The van der Waals surface area contributed by atoms with Crippen molar-refractivity contribution in [2.45, 2.75) is 51.6 Å². The highest BCUT2D eigenvalue weighted by atomic mass is 32.2. The number of rotatable bonds is 10. The second-order valence-corrected chi connectivity index (χ2v) is 9.80. The number of hydrogen-bond acceptors (Lipinski definition) is 7. The van der Waals surface area contributed by atoms with Gasteiger partial charge in [-0.15, -0.1) is 11.8 Å². The number of fused-ring (bicyclic) bond motifs is 1. The van der Waals surface area contributed by atoms with Crippen LogP contribution in [0.25, 0.3) is 10.2 Å². The van der Waals surface area contributed by atoms with Gasteiger partial charge in [-0.3, -0.25) is 9.59 Å². The summed E-state index contributed by atoms with van der Waals surface area (Å²) in [5.74, 6) is -0.356. The molecule has 0 spiro atoms. The Morgan fingerprint density at radius 3 is 2.73 bits per heavy atom. The van der Waals surface area contributed by atoms with Crippen molar-refractivity contribution in [3.05, 3.63) is 28.6 Å². The van der Waals surface area contributed by atoms with Crippen LogP contribution in [-0.4, -0.2) is 60.2 Å². The van der Waals surface area contributed by atoms with Crippen molar-refractivity contribution in [2.24, 2.45) is 4.99 Å². The van der Waals surface area contributed by atoms with E-state index in [4.69, 9.17) is 9.47 Å². The van der Waals surface area contributed by atoms with Gasteiger partial charge in [-0.2, -0.15) is 4.99 Å². The van der Waals surface area contributed by atoms with E-state index in [1.165, 1.54) is 36.6 Å². The van der Waals surface area contributed by atoms with Crippen LogP contribution >= 0.6 is 23.1 Å². The molecule has 0 atom stereocenters. The SMILES string of the molecule is CCOCCn1c(=NC(=O)CSCC(=O)NC2CCCCC2)sc2cc(C(=O)OC)ccc21. The van der Waals surface area contributed by atoms with Crippen LogP contribution in [0.5, 0.6) is 0 Å². The van der Waals surface area contributed by atoms with Crippen molar-refractivity contribution in [1.82, 2.24) is 9.88 Å². The average Bonchev–Trinajstić information content (AvgIpc) is 3.15. The van der Waals surface area contributed by atoms with E-state index >= 15 is 0 Å². The van der Waals surface area contributed by atoms with Crippen LogP contribution in [0, 0.1) is 0 Å². The zero-order chi connectivity index (χ0) is 23.6. The van der Waals surface area contributed by atoms with Gasteiger partial charge in [0.25, 0.3) is 5.91 Å². The van der Waals surface area contributed by atoms with Crippen molar-refractivity contribution in [2.75, 3.05) is 31.8 Å². The quantitative estimate of drug-likeness (QED) is 0.403. The molecule has 0 saturated heterocycles. The molecule has 1 heterocycles. The monoisotopic (exact) mass is 493 g/mol. The Kier molecular flexibility index (Phi) is 9.95. The maximum atomic E-state index is 12.5. The van der Waals surface area contributed by atoms with Gasteiger partial charge in [-0.1, -0.05) is 30.6 Å². The molecular weight excluding hydrogens is 462 g/mol. The fraction of sp³-hybridized carbons (Fsp3) is 0.565. The lowest BCUT2D eigenvalue weighted by atomic mass is 9.95. The van der Waals surface area contributed by atoms with Crippen LogP contribution < -0.4 is 10.1 Å². The lowest BCUT2D eigenvalue weighted by Crippen LogP contribution is -2.37. The standard InChI is InChI=1S/C23H31N3O5S2/c1-3-31-12-11-26-18-10-9-16(22(29)30-2)13-19(18)33-23(26)25-21(28)15-32-14-20(27)24-17-7-5-4-6-8-17/h9-10,13,17H,3-8,11-12,14-15H2,1-2H3,(H,24,27). The number of ether oxygens (including phenoxy) is 2. The number of carbonyl (C=O) groups is 3. The van der Waals surface area contributed by atoms with Crippen molar-refractivity contribution >= 4 is 51.1 Å². The Morgan fingerprint density at radius 2 is 2.00 bits per heavy atom. The van der Waals surface area contributed by atoms with E-state index in [0.29, 0.717) is 30.1 Å². The van der Waals surface area contributed by atoms with Crippen molar-refractivity contribution < 1.29 is 23.9 Å². The highest BCUT2D eigenvalue weighted by Crippen LogP contribution is 2.20. The molecule has 8 nitrogen and oxygen atoms in total. The van der Waals surface area contributed by atoms with Gasteiger partial charge in [0.2, 0.25) is 5.91 Å². The first kappa shape index (κ1) is 25.5. The van der Waals surface area contributed by atoms with Crippen molar-refractivity contribution in [3.8, 4) is 0 Å². The highest BCUT2D eigenvalue weighted by molar-refractivity contribution is 8.00. The summed E-state index contributed by atoms with van der Waals surface area (Å²) >= 11 is 2.61. The molecule has 2 amide bonds. The second kappa shape index (κ2) is 12.9. The van der Waals surface area contributed by atoms with Gasteiger partial charge in [-0.25, -0.2) is 4.79 Å². The third-order valence-electron chi connectivity index (χ3n) is 5.42. The van der Waals surface area contributed by atoms with E-state index in [2.05, 4.69) is 10.3 Å². The summed E-state index contributed by atoms with van der Waals surface area (Å²) in [4.78, 5) is 41.4. The highest BCUT2D eigenvalue weighted by Gasteiger charge is 2.16.